The number of hydrogen-bond donors (Lipinski definition) is 2. The second kappa shape index (κ2) is 6.60. The Morgan fingerprint density at radius 1 is 1.04 bits per heavy atom. The van der Waals surface area contributed by atoms with E-state index < -0.39 is 15.7 Å². The maximum atomic E-state index is 12.1. The van der Waals surface area contributed by atoms with Crippen molar-refractivity contribution in [1.82, 2.24) is 10.9 Å². The van der Waals surface area contributed by atoms with Gasteiger partial charge in [0.2, 0.25) is 5.91 Å². The summed E-state index contributed by atoms with van der Waals surface area (Å²) in [6.07, 6.45) is 0.589. The van der Waals surface area contributed by atoms with Gasteiger partial charge in [-0.25, -0.2) is 8.42 Å². The summed E-state index contributed by atoms with van der Waals surface area (Å²) in [5, 5.41) is 1.97. The highest BCUT2D eigenvalue weighted by Crippen LogP contribution is 2.21. The van der Waals surface area contributed by atoms with Gasteiger partial charge in [0.05, 0.1) is 11.5 Å². The van der Waals surface area contributed by atoms with Gasteiger partial charge in [-0.2, -0.15) is 0 Å². The van der Waals surface area contributed by atoms with Crippen LogP contribution in [-0.4, -0.2) is 31.7 Å². The molecule has 0 aromatic heterocycles. The second-order valence-corrected chi connectivity index (χ2v) is 8.27. The minimum Gasteiger partial charge on any atom is -0.273 e. The van der Waals surface area contributed by atoms with Gasteiger partial charge >= 0.3 is 0 Å². The minimum atomic E-state index is -3.00. The highest BCUT2D eigenvalue weighted by Gasteiger charge is 2.29. The topological polar surface area (TPSA) is 92.3 Å². The summed E-state index contributed by atoms with van der Waals surface area (Å²) < 4.78 is 22.8. The minimum absolute atomic E-state index is 0.0407. The number of hydrogen-bond acceptors (Lipinski definition) is 4. The molecule has 0 spiro atoms. The van der Waals surface area contributed by atoms with Gasteiger partial charge in [-0.05, 0) is 35.2 Å². The van der Waals surface area contributed by atoms with E-state index in [9.17, 15) is 18.0 Å². The standard InChI is InChI=1S/C17H18N2O4S/c20-16(9-12-7-8-24(22,23)11-12)18-19-17(21)15-6-5-13-3-1-2-4-14(13)10-15/h1-6,10,12H,7-9,11H2,(H,18,20)(H,19,21). The third kappa shape index (κ3) is 3.91. The van der Waals surface area contributed by atoms with Crippen LogP contribution in [0.1, 0.15) is 23.2 Å². The van der Waals surface area contributed by atoms with Crippen LogP contribution >= 0.6 is 0 Å². The van der Waals surface area contributed by atoms with Gasteiger partial charge in [-0.15, -0.1) is 0 Å². The highest BCUT2D eigenvalue weighted by molar-refractivity contribution is 7.91. The van der Waals surface area contributed by atoms with E-state index in [0.717, 1.165) is 10.8 Å². The maximum absolute atomic E-state index is 12.1. The Balaban J connectivity index is 1.55. The van der Waals surface area contributed by atoms with E-state index in [1.807, 2.05) is 30.3 Å². The lowest BCUT2D eigenvalue weighted by molar-refractivity contribution is -0.122. The van der Waals surface area contributed by atoms with Crippen LogP contribution in [0.4, 0.5) is 0 Å². The Morgan fingerprint density at radius 3 is 2.50 bits per heavy atom. The van der Waals surface area contributed by atoms with E-state index in [1.165, 1.54) is 0 Å². The molecule has 1 aliphatic heterocycles. The molecule has 24 heavy (non-hydrogen) atoms. The first kappa shape index (κ1) is 16.4. The van der Waals surface area contributed by atoms with Gasteiger partial charge in [-0.3, -0.25) is 20.4 Å². The first-order valence-electron chi connectivity index (χ1n) is 7.71. The third-order valence-corrected chi connectivity index (χ3v) is 5.96. The Morgan fingerprint density at radius 2 is 1.79 bits per heavy atom. The molecule has 0 saturated carbocycles. The number of sulfone groups is 1. The summed E-state index contributed by atoms with van der Waals surface area (Å²) in [5.74, 6) is -0.792. The molecule has 2 amide bonds. The first-order valence-corrected chi connectivity index (χ1v) is 9.53. The fraction of sp³-hybridized carbons (Fsp3) is 0.294. The van der Waals surface area contributed by atoms with Gasteiger partial charge in [0, 0.05) is 12.0 Å². The van der Waals surface area contributed by atoms with Gasteiger partial charge in [0.25, 0.3) is 5.91 Å². The van der Waals surface area contributed by atoms with Crippen LogP contribution in [0, 0.1) is 5.92 Å². The van der Waals surface area contributed by atoms with E-state index in [0.29, 0.717) is 12.0 Å². The number of carbonyl (C=O) groups excluding carboxylic acids is 2. The van der Waals surface area contributed by atoms with Gasteiger partial charge in [0.15, 0.2) is 9.84 Å². The number of benzene rings is 2. The summed E-state index contributed by atoms with van der Waals surface area (Å²) in [6.45, 7) is 0. The van der Waals surface area contributed by atoms with Crippen molar-refractivity contribution in [2.75, 3.05) is 11.5 Å². The van der Waals surface area contributed by atoms with Crippen molar-refractivity contribution in [3.8, 4) is 0 Å². The molecular weight excluding hydrogens is 328 g/mol. The number of nitrogens with one attached hydrogen (secondary N) is 2. The van der Waals surface area contributed by atoms with Gasteiger partial charge in [0.1, 0.15) is 0 Å². The summed E-state index contributed by atoms with van der Waals surface area (Å²) in [4.78, 5) is 23.9. The lowest BCUT2D eigenvalue weighted by Crippen LogP contribution is -2.42. The molecule has 1 heterocycles. The van der Waals surface area contributed by atoms with Crippen molar-refractivity contribution in [1.29, 1.82) is 0 Å². The van der Waals surface area contributed by atoms with E-state index in [2.05, 4.69) is 10.9 Å². The molecule has 1 atom stereocenters. The molecule has 2 N–H and O–H groups in total. The molecular formula is C17H18N2O4S. The van der Waals surface area contributed by atoms with Crippen LogP contribution in [0.15, 0.2) is 42.5 Å². The largest absolute Gasteiger partial charge is 0.273 e. The van der Waals surface area contributed by atoms with E-state index in [1.54, 1.807) is 12.1 Å². The third-order valence-electron chi connectivity index (χ3n) is 4.13. The van der Waals surface area contributed by atoms with E-state index in [-0.39, 0.29) is 29.8 Å². The number of amides is 2. The van der Waals surface area contributed by atoms with Crippen LogP contribution in [0.2, 0.25) is 0 Å². The maximum Gasteiger partial charge on any atom is 0.269 e. The Labute approximate surface area is 140 Å². The fourth-order valence-corrected chi connectivity index (χ4v) is 4.74. The molecule has 0 radical (unpaired) electrons. The fourth-order valence-electron chi connectivity index (χ4n) is 2.88. The summed E-state index contributed by atoms with van der Waals surface area (Å²) >= 11 is 0. The SMILES string of the molecule is O=C(CC1CCS(=O)(=O)C1)NNC(=O)c1ccc2ccccc2c1. The Kier molecular flexibility index (Phi) is 4.53. The van der Waals surface area contributed by atoms with Crippen molar-refractivity contribution >= 4 is 32.4 Å². The highest BCUT2D eigenvalue weighted by atomic mass is 32.2. The number of carbonyl (C=O) groups is 2. The smallest absolute Gasteiger partial charge is 0.269 e. The molecule has 7 heteroatoms. The van der Waals surface area contributed by atoms with Crippen LogP contribution in [-0.2, 0) is 14.6 Å². The molecule has 1 unspecified atom stereocenters. The molecule has 0 aliphatic carbocycles. The lowest BCUT2D eigenvalue weighted by Gasteiger charge is -2.10. The molecule has 126 valence electrons. The Hall–Kier alpha value is -2.41. The average molecular weight is 346 g/mol. The predicted octanol–water partition coefficient (Wildman–Crippen LogP) is 1.43. The van der Waals surface area contributed by atoms with Crippen molar-refractivity contribution in [2.24, 2.45) is 5.92 Å². The molecule has 0 bridgehead atoms. The van der Waals surface area contributed by atoms with Crippen molar-refractivity contribution in [3.63, 3.8) is 0 Å². The zero-order valence-electron chi connectivity index (χ0n) is 13.0. The van der Waals surface area contributed by atoms with Crippen LogP contribution in [0.3, 0.4) is 0 Å². The average Bonchev–Trinajstić information content (AvgIpc) is 2.90. The monoisotopic (exact) mass is 346 g/mol. The van der Waals surface area contributed by atoms with E-state index in [4.69, 9.17) is 0 Å². The van der Waals surface area contributed by atoms with Crippen LogP contribution in [0.5, 0.6) is 0 Å². The number of rotatable bonds is 3. The van der Waals surface area contributed by atoms with E-state index >= 15 is 0 Å². The molecule has 2 aromatic carbocycles. The molecule has 6 nitrogen and oxygen atoms in total. The molecule has 1 saturated heterocycles. The van der Waals surface area contributed by atoms with Crippen molar-refractivity contribution < 1.29 is 18.0 Å². The number of hydrazine groups is 1. The zero-order chi connectivity index (χ0) is 17.2. The van der Waals surface area contributed by atoms with Crippen molar-refractivity contribution in [3.05, 3.63) is 48.0 Å². The summed E-state index contributed by atoms with van der Waals surface area (Å²) in [7, 11) is -3.00. The normalized spacial score (nSPS) is 19.1. The predicted molar refractivity (Wildman–Crippen MR) is 90.9 cm³/mol. The van der Waals surface area contributed by atoms with Crippen LogP contribution in [0.25, 0.3) is 10.8 Å². The zero-order valence-corrected chi connectivity index (χ0v) is 13.8. The van der Waals surface area contributed by atoms with Gasteiger partial charge in [-0.1, -0.05) is 30.3 Å². The lowest BCUT2D eigenvalue weighted by atomic mass is 10.1. The second-order valence-electron chi connectivity index (χ2n) is 6.04. The molecule has 1 aliphatic rings. The van der Waals surface area contributed by atoms with Crippen LogP contribution < -0.4 is 10.9 Å². The van der Waals surface area contributed by atoms with Crippen molar-refractivity contribution in [2.45, 2.75) is 12.8 Å². The number of fused-ring (bicyclic) bond motifs is 1. The molecule has 2 aromatic rings. The molecule has 3 rings (SSSR count). The van der Waals surface area contributed by atoms with Gasteiger partial charge < -0.3 is 0 Å². The molecule has 1 fully saturated rings. The first-order chi connectivity index (χ1) is 11.4. The summed E-state index contributed by atoms with van der Waals surface area (Å²) in [6, 6.07) is 13.0. The summed E-state index contributed by atoms with van der Waals surface area (Å²) in [5.41, 5.74) is 5.16. The Bertz CT molecular complexity index is 892. The quantitative estimate of drug-likeness (QED) is 0.822.